The third kappa shape index (κ3) is 7.42. The summed E-state index contributed by atoms with van der Waals surface area (Å²) < 4.78 is 5.91. The molecule has 5 nitrogen and oxygen atoms in total. The van der Waals surface area contributed by atoms with Gasteiger partial charge in [-0.15, -0.1) is 0 Å². The number of hydrogen-bond donors (Lipinski definition) is 2. The van der Waals surface area contributed by atoms with Crippen LogP contribution in [0.25, 0.3) is 0 Å². The lowest BCUT2D eigenvalue weighted by atomic mass is 9.80. The van der Waals surface area contributed by atoms with Crippen LogP contribution in [0.4, 0.5) is 11.4 Å². The van der Waals surface area contributed by atoms with Crippen molar-refractivity contribution in [3.05, 3.63) is 53.6 Å². The van der Waals surface area contributed by atoms with Crippen LogP contribution in [-0.2, 0) is 20.4 Å². The second-order valence-electron chi connectivity index (χ2n) is 9.93. The quantitative estimate of drug-likeness (QED) is 0.569. The number of anilines is 2. The van der Waals surface area contributed by atoms with Crippen LogP contribution >= 0.6 is 0 Å². The van der Waals surface area contributed by atoms with E-state index in [1.807, 2.05) is 13.0 Å². The molecule has 31 heavy (non-hydrogen) atoms. The number of carbonyl (C=O) groups is 2. The molecule has 0 radical (unpaired) electrons. The minimum atomic E-state index is -0.253. The first-order chi connectivity index (χ1) is 14.4. The standard InChI is InChI=1S/C26H36N2O3/c1-8-10-23(29)27-19-11-9-12-20(16-19)28-24(30)17-31-22-14-13-18(25(2,3)4)15-21(22)26(5,6)7/h9,11-16H,8,10,17H2,1-7H3,(H,27,29)(H,28,30). The minimum Gasteiger partial charge on any atom is -0.483 e. The molecule has 2 N–H and O–H groups in total. The Hall–Kier alpha value is -2.82. The minimum absolute atomic E-state index is 0.0352. The highest BCUT2D eigenvalue weighted by molar-refractivity contribution is 5.94. The molecule has 0 saturated carbocycles. The molecule has 5 heteroatoms. The summed E-state index contributed by atoms with van der Waals surface area (Å²) in [7, 11) is 0. The zero-order valence-corrected chi connectivity index (χ0v) is 19.9. The van der Waals surface area contributed by atoms with Gasteiger partial charge in [0.1, 0.15) is 5.75 Å². The molecule has 0 fully saturated rings. The van der Waals surface area contributed by atoms with Gasteiger partial charge in [-0.2, -0.15) is 0 Å². The predicted octanol–water partition coefficient (Wildman–Crippen LogP) is 6.04. The van der Waals surface area contributed by atoms with Crippen LogP contribution in [0.15, 0.2) is 42.5 Å². The van der Waals surface area contributed by atoms with Crippen LogP contribution in [0.2, 0.25) is 0 Å². The molecule has 168 valence electrons. The van der Waals surface area contributed by atoms with Crippen LogP contribution < -0.4 is 15.4 Å². The molecule has 0 saturated heterocycles. The third-order valence-corrected chi connectivity index (χ3v) is 4.92. The van der Waals surface area contributed by atoms with Crippen molar-refractivity contribution in [1.29, 1.82) is 0 Å². The van der Waals surface area contributed by atoms with Crippen molar-refractivity contribution in [2.75, 3.05) is 17.2 Å². The molecular weight excluding hydrogens is 388 g/mol. The van der Waals surface area contributed by atoms with E-state index < -0.39 is 0 Å². The highest BCUT2D eigenvalue weighted by Crippen LogP contribution is 2.35. The SMILES string of the molecule is CCCC(=O)Nc1cccc(NC(=O)COc2ccc(C(C)(C)C)cc2C(C)(C)C)c1. The highest BCUT2D eigenvalue weighted by atomic mass is 16.5. The molecule has 0 heterocycles. The van der Waals surface area contributed by atoms with Gasteiger partial charge in [0.2, 0.25) is 5.91 Å². The van der Waals surface area contributed by atoms with Crippen LogP contribution in [0.1, 0.15) is 72.4 Å². The summed E-state index contributed by atoms with van der Waals surface area (Å²) >= 11 is 0. The first-order valence-electron chi connectivity index (χ1n) is 10.9. The van der Waals surface area contributed by atoms with Crippen molar-refractivity contribution in [2.24, 2.45) is 0 Å². The van der Waals surface area contributed by atoms with Crippen LogP contribution in [-0.4, -0.2) is 18.4 Å². The molecule has 0 aliphatic carbocycles. The Bertz CT molecular complexity index is 921. The highest BCUT2D eigenvalue weighted by Gasteiger charge is 2.23. The van der Waals surface area contributed by atoms with Crippen molar-refractivity contribution in [1.82, 2.24) is 0 Å². The number of amides is 2. The van der Waals surface area contributed by atoms with Crippen molar-refractivity contribution >= 4 is 23.2 Å². The monoisotopic (exact) mass is 424 g/mol. The number of hydrogen-bond acceptors (Lipinski definition) is 3. The molecule has 0 spiro atoms. The summed E-state index contributed by atoms with van der Waals surface area (Å²) in [5, 5.41) is 5.67. The lowest BCUT2D eigenvalue weighted by Crippen LogP contribution is -2.23. The second kappa shape index (κ2) is 9.99. The number of ether oxygens (including phenoxy) is 1. The Morgan fingerprint density at radius 2 is 1.45 bits per heavy atom. The number of rotatable bonds is 7. The summed E-state index contributed by atoms with van der Waals surface area (Å²) in [6.45, 7) is 14.8. The van der Waals surface area contributed by atoms with E-state index >= 15 is 0 Å². The van der Waals surface area contributed by atoms with Crippen molar-refractivity contribution in [2.45, 2.75) is 72.1 Å². The Morgan fingerprint density at radius 1 is 0.839 bits per heavy atom. The van der Waals surface area contributed by atoms with Crippen LogP contribution in [0.3, 0.4) is 0 Å². The summed E-state index contributed by atoms with van der Waals surface area (Å²) in [5.41, 5.74) is 3.50. The molecule has 2 aromatic rings. The fraction of sp³-hybridized carbons (Fsp3) is 0.462. The molecule has 0 aliphatic heterocycles. The van der Waals surface area contributed by atoms with E-state index in [9.17, 15) is 9.59 Å². The Morgan fingerprint density at radius 3 is 2.00 bits per heavy atom. The smallest absolute Gasteiger partial charge is 0.262 e. The number of benzene rings is 2. The van der Waals surface area contributed by atoms with Crippen LogP contribution in [0, 0.1) is 0 Å². The number of carbonyl (C=O) groups excluding carboxylic acids is 2. The summed E-state index contributed by atoms with van der Waals surface area (Å²) in [4.78, 5) is 24.3. The van der Waals surface area contributed by atoms with E-state index in [-0.39, 0.29) is 29.3 Å². The van der Waals surface area contributed by atoms with Crippen molar-refractivity contribution < 1.29 is 14.3 Å². The average molecular weight is 425 g/mol. The summed E-state index contributed by atoms with van der Waals surface area (Å²) in [6.07, 6.45) is 1.25. The normalized spacial score (nSPS) is 11.7. The van der Waals surface area contributed by atoms with Crippen molar-refractivity contribution in [3.63, 3.8) is 0 Å². The first-order valence-corrected chi connectivity index (χ1v) is 10.9. The van der Waals surface area contributed by atoms with Gasteiger partial charge < -0.3 is 15.4 Å². The Balaban J connectivity index is 2.07. The van der Waals surface area contributed by atoms with Gasteiger partial charge in [0.25, 0.3) is 5.91 Å². The summed E-state index contributed by atoms with van der Waals surface area (Å²) in [5.74, 6) is 0.427. The maximum absolute atomic E-state index is 12.5. The van der Waals surface area contributed by atoms with E-state index in [1.54, 1.807) is 24.3 Å². The zero-order valence-electron chi connectivity index (χ0n) is 19.9. The molecule has 0 atom stereocenters. The molecule has 0 aromatic heterocycles. The molecule has 0 bridgehead atoms. The average Bonchev–Trinajstić information content (AvgIpc) is 2.65. The topological polar surface area (TPSA) is 67.4 Å². The van der Waals surface area contributed by atoms with E-state index in [4.69, 9.17) is 4.74 Å². The van der Waals surface area contributed by atoms with Crippen molar-refractivity contribution in [3.8, 4) is 5.75 Å². The largest absolute Gasteiger partial charge is 0.483 e. The number of nitrogens with one attached hydrogen (secondary N) is 2. The van der Waals surface area contributed by atoms with E-state index in [1.165, 1.54) is 5.56 Å². The molecule has 0 aliphatic rings. The molecule has 2 rings (SSSR count). The van der Waals surface area contributed by atoms with E-state index in [2.05, 4.69) is 64.3 Å². The predicted molar refractivity (Wildman–Crippen MR) is 128 cm³/mol. The van der Waals surface area contributed by atoms with Gasteiger partial charge >= 0.3 is 0 Å². The van der Waals surface area contributed by atoms with E-state index in [0.29, 0.717) is 17.8 Å². The maximum atomic E-state index is 12.5. The summed E-state index contributed by atoms with van der Waals surface area (Å²) in [6, 6.07) is 13.3. The Kier molecular flexibility index (Phi) is 7.88. The van der Waals surface area contributed by atoms with E-state index in [0.717, 1.165) is 17.7 Å². The lowest BCUT2D eigenvalue weighted by molar-refractivity contribution is -0.118. The molecule has 2 amide bonds. The fourth-order valence-electron chi connectivity index (χ4n) is 3.17. The molecular formula is C26H36N2O3. The van der Waals surface area contributed by atoms with Gasteiger partial charge in [-0.25, -0.2) is 0 Å². The fourth-order valence-corrected chi connectivity index (χ4v) is 3.17. The van der Waals surface area contributed by atoms with Gasteiger partial charge in [-0.1, -0.05) is 66.7 Å². The van der Waals surface area contributed by atoms with Gasteiger partial charge in [-0.3, -0.25) is 9.59 Å². The molecule has 0 unspecified atom stereocenters. The van der Waals surface area contributed by atoms with Crippen LogP contribution in [0.5, 0.6) is 5.75 Å². The Labute approximate surface area is 186 Å². The third-order valence-electron chi connectivity index (χ3n) is 4.92. The second-order valence-corrected chi connectivity index (χ2v) is 9.93. The van der Waals surface area contributed by atoms with Gasteiger partial charge in [0.05, 0.1) is 0 Å². The molecule has 2 aromatic carbocycles. The lowest BCUT2D eigenvalue weighted by Gasteiger charge is -2.27. The zero-order chi connectivity index (χ0) is 23.2. The van der Waals surface area contributed by atoms with Gasteiger partial charge in [-0.05, 0) is 52.6 Å². The van der Waals surface area contributed by atoms with Gasteiger partial charge in [0.15, 0.2) is 6.61 Å². The van der Waals surface area contributed by atoms with Gasteiger partial charge in [0, 0.05) is 17.8 Å². The maximum Gasteiger partial charge on any atom is 0.262 e. The first kappa shape index (κ1) is 24.4.